The summed E-state index contributed by atoms with van der Waals surface area (Å²) in [6.45, 7) is 0.693. The van der Waals surface area contributed by atoms with Gasteiger partial charge < -0.3 is 15.0 Å². The molecule has 2 N–H and O–H groups in total. The second-order valence-corrected chi connectivity index (χ2v) is 7.19. The summed E-state index contributed by atoms with van der Waals surface area (Å²) in [6.07, 6.45) is 5.28. The molecule has 7 heteroatoms. The summed E-state index contributed by atoms with van der Waals surface area (Å²) in [5, 5.41) is 11.6. The molecule has 0 unspecified atom stereocenters. The number of hydrogen-bond donors (Lipinski definition) is 2. The number of para-hydroxylation sites is 1. The molecule has 0 aliphatic carbocycles. The fourth-order valence-electron chi connectivity index (χ4n) is 3.32. The Hall–Kier alpha value is -2.15. The van der Waals surface area contributed by atoms with Gasteiger partial charge in [0.15, 0.2) is 0 Å². The number of halogens is 1. The summed E-state index contributed by atoms with van der Waals surface area (Å²) in [6, 6.07) is 17.3. The quantitative estimate of drug-likeness (QED) is 0.348. The number of aromatic nitrogens is 1. The number of rotatable bonds is 10. The number of unbranched alkanes of at least 4 members (excludes halogenated alkanes) is 3. The Kier molecular flexibility index (Phi) is 10.2. The summed E-state index contributed by atoms with van der Waals surface area (Å²) in [7, 11) is 0. The average molecular weight is 451 g/mol. The molecule has 0 aliphatic rings. The molecule has 31 heavy (non-hydrogen) atoms. The Labute approximate surface area is 211 Å². The second-order valence-electron chi connectivity index (χ2n) is 7.19. The first-order valence-corrected chi connectivity index (χ1v) is 10.1. The topological polar surface area (TPSA) is 71.3 Å². The van der Waals surface area contributed by atoms with Gasteiger partial charge in [0.05, 0.1) is 5.56 Å². The Bertz CT molecular complexity index is 988. The molecule has 1 amide bonds. The number of aliphatic carboxylic acids is 1. The third-order valence-electron chi connectivity index (χ3n) is 4.87. The molecule has 160 valence electrons. The number of hydrogen-bond acceptors (Lipinski definition) is 2. The molecule has 0 saturated carbocycles. The molecule has 0 atom stereocenters. The van der Waals surface area contributed by atoms with Crippen molar-refractivity contribution in [1.29, 1.82) is 0 Å². The van der Waals surface area contributed by atoms with Gasteiger partial charge in [-0.3, -0.25) is 9.59 Å². The van der Waals surface area contributed by atoms with Crippen LogP contribution in [-0.4, -0.2) is 59.3 Å². The van der Waals surface area contributed by atoms with Crippen LogP contribution >= 0.6 is 0 Å². The zero-order chi connectivity index (χ0) is 21.3. The summed E-state index contributed by atoms with van der Waals surface area (Å²) < 4.78 is 15.3. The van der Waals surface area contributed by atoms with Crippen molar-refractivity contribution in [2.45, 2.75) is 38.6 Å². The van der Waals surface area contributed by atoms with Crippen molar-refractivity contribution in [2.75, 3.05) is 5.32 Å². The molecule has 0 radical (unpaired) electrons. The maximum absolute atomic E-state index is 13.3. The van der Waals surface area contributed by atoms with Gasteiger partial charge in [0.2, 0.25) is 0 Å². The maximum atomic E-state index is 13.3. The molecular weight excluding hydrogens is 423 g/mol. The minimum atomic E-state index is -0.770. The predicted molar refractivity (Wildman–Crippen MR) is 123 cm³/mol. The van der Waals surface area contributed by atoms with E-state index in [1.54, 1.807) is 12.1 Å². The number of carboxylic acids is 1. The molecule has 0 spiro atoms. The van der Waals surface area contributed by atoms with Crippen LogP contribution in [-0.2, 0) is 11.3 Å². The molecule has 0 saturated heterocycles. The van der Waals surface area contributed by atoms with E-state index in [-0.39, 0.29) is 55.9 Å². The summed E-state index contributed by atoms with van der Waals surface area (Å²) >= 11 is 0. The molecular formula is C24H27CaFN2O3. The molecule has 5 nitrogen and oxygen atoms in total. The number of carboxylic acid groups (broad SMARTS) is 1. The fraction of sp³-hybridized carbons (Fsp3) is 0.250. The van der Waals surface area contributed by atoms with E-state index in [1.807, 2.05) is 47.2 Å². The van der Waals surface area contributed by atoms with Crippen molar-refractivity contribution in [2.24, 2.45) is 0 Å². The first-order valence-electron chi connectivity index (χ1n) is 10.1. The third-order valence-corrected chi connectivity index (χ3v) is 4.87. The third kappa shape index (κ3) is 7.80. The molecule has 1 aromatic heterocycles. The number of carbonyl (C=O) groups excluding carboxylic acids is 1. The Morgan fingerprint density at radius 3 is 2.29 bits per heavy atom. The average Bonchev–Trinajstić information content (AvgIpc) is 3.16. The number of aryl methyl sites for hydroxylation is 1. The number of amides is 1. The molecule has 0 aliphatic heterocycles. The van der Waals surface area contributed by atoms with Crippen LogP contribution in [0.2, 0.25) is 0 Å². The van der Waals surface area contributed by atoms with Crippen molar-refractivity contribution in [1.82, 2.24) is 4.57 Å². The number of carbonyl (C=O) groups is 2. The zero-order valence-corrected chi connectivity index (χ0v) is 16.7. The normalized spacial score (nSPS) is 10.4. The Balaban J connectivity index is 0.00000341. The summed E-state index contributed by atoms with van der Waals surface area (Å²) in [4.78, 5) is 23.3. The minimum absolute atomic E-state index is 0. The fourth-order valence-corrected chi connectivity index (χ4v) is 3.32. The molecule has 2 aromatic carbocycles. The van der Waals surface area contributed by atoms with Crippen LogP contribution in [0.3, 0.4) is 0 Å². The monoisotopic (exact) mass is 450 g/mol. The van der Waals surface area contributed by atoms with Crippen molar-refractivity contribution in [3.05, 3.63) is 78.2 Å². The van der Waals surface area contributed by atoms with Gasteiger partial charge in [0.1, 0.15) is 5.82 Å². The number of anilines is 1. The number of benzene rings is 2. The van der Waals surface area contributed by atoms with Crippen molar-refractivity contribution in [3.63, 3.8) is 0 Å². The summed E-state index contributed by atoms with van der Waals surface area (Å²) in [5.74, 6) is -1.28. The molecule has 0 bridgehead atoms. The van der Waals surface area contributed by atoms with Crippen LogP contribution in [0.15, 0.2) is 66.9 Å². The van der Waals surface area contributed by atoms with E-state index in [4.69, 9.17) is 5.11 Å². The van der Waals surface area contributed by atoms with E-state index >= 15 is 0 Å². The van der Waals surface area contributed by atoms with E-state index in [0.29, 0.717) is 18.5 Å². The molecule has 1 heterocycles. The number of nitrogens with zero attached hydrogens (tertiary/aromatic N) is 1. The van der Waals surface area contributed by atoms with Gasteiger partial charge in [-0.05, 0) is 60.9 Å². The first kappa shape index (κ1) is 25.1. The molecule has 3 aromatic rings. The van der Waals surface area contributed by atoms with Crippen LogP contribution in [0, 0.1) is 5.82 Å². The van der Waals surface area contributed by atoms with E-state index in [1.165, 1.54) is 12.1 Å². The first-order chi connectivity index (χ1) is 14.5. The van der Waals surface area contributed by atoms with Gasteiger partial charge in [-0.25, -0.2) is 4.39 Å². The van der Waals surface area contributed by atoms with Crippen LogP contribution in [0.25, 0.3) is 11.3 Å². The van der Waals surface area contributed by atoms with Crippen LogP contribution < -0.4 is 5.32 Å². The van der Waals surface area contributed by atoms with E-state index in [0.717, 1.165) is 36.2 Å². The van der Waals surface area contributed by atoms with Crippen LogP contribution in [0.1, 0.15) is 42.5 Å². The van der Waals surface area contributed by atoms with Gasteiger partial charge in [-0.2, -0.15) is 0 Å². The van der Waals surface area contributed by atoms with Gasteiger partial charge in [-0.1, -0.05) is 31.0 Å². The Morgan fingerprint density at radius 2 is 1.61 bits per heavy atom. The molecule has 0 fully saturated rings. The van der Waals surface area contributed by atoms with Gasteiger partial charge in [0.25, 0.3) is 5.91 Å². The van der Waals surface area contributed by atoms with Crippen LogP contribution in [0.4, 0.5) is 10.1 Å². The van der Waals surface area contributed by atoms with Crippen molar-refractivity contribution < 1.29 is 19.1 Å². The van der Waals surface area contributed by atoms with Crippen LogP contribution in [0.5, 0.6) is 0 Å². The standard InChI is InChI=1S/C24H25FN2O3.Ca.2H/c25-20-13-11-18(12-14-20)22-16-19(24(30)26-21-8-4-3-5-9-21)17-27(22)15-7-2-1-6-10-23(28)29;;;/h3-5,8-9,11-14,16-17H,1-2,6-7,10,15H2,(H,26,30)(H,28,29);;;. The molecule has 3 rings (SSSR count). The predicted octanol–water partition coefficient (Wildman–Crippen LogP) is 4.67. The summed E-state index contributed by atoms with van der Waals surface area (Å²) in [5.41, 5.74) is 2.93. The number of nitrogens with one attached hydrogen (secondary N) is 1. The van der Waals surface area contributed by atoms with Gasteiger partial charge in [-0.15, -0.1) is 0 Å². The van der Waals surface area contributed by atoms with E-state index in [9.17, 15) is 14.0 Å². The van der Waals surface area contributed by atoms with Crippen molar-refractivity contribution >= 4 is 55.3 Å². The van der Waals surface area contributed by atoms with Crippen molar-refractivity contribution in [3.8, 4) is 11.3 Å². The van der Waals surface area contributed by atoms with Gasteiger partial charge in [0, 0.05) is 30.5 Å². The SMILES string of the molecule is O=C(O)CCCCCCn1cc(C(=O)Nc2ccccc2)cc1-c1ccc(F)cc1.[CaH2]. The zero-order valence-electron chi connectivity index (χ0n) is 16.7. The van der Waals surface area contributed by atoms with E-state index in [2.05, 4.69) is 5.32 Å². The van der Waals surface area contributed by atoms with Gasteiger partial charge >= 0.3 is 43.7 Å². The Morgan fingerprint density at radius 1 is 0.935 bits per heavy atom. The van der Waals surface area contributed by atoms with E-state index < -0.39 is 5.97 Å². The second kappa shape index (κ2) is 12.6.